The van der Waals surface area contributed by atoms with Gasteiger partial charge in [-0.3, -0.25) is 4.79 Å². The van der Waals surface area contributed by atoms with Crippen molar-refractivity contribution in [2.45, 2.75) is 72.1 Å². The first-order chi connectivity index (χ1) is 10.6. The fraction of sp³-hybridized carbons (Fsp3) is 0.632. The van der Waals surface area contributed by atoms with Crippen molar-refractivity contribution >= 4 is 5.97 Å². The Bertz CT molecular complexity index is 437. The summed E-state index contributed by atoms with van der Waals surface area (Å²) < 4.78 is 4.99. The summed E-state index contributed by atoms with van der Waals surface area (Å²) in [4.78, 5) is 11.5. The number of esters is 1. The molecule has 0 aliphatic carbocycles. The third kappa shape index (κ3) is 6.08. The van der Waals surface area contributed by atoms with E-state index in [1.165, 1.54) is 0 Å². The van der Waals surface area contributed by atoms with Crippen LogP contribution < -0.4 is 0 Å². The Labute approximate surface area is 134 Å². The van der Waals surface area contributed by atoms with Gasteiger partial charge in [-0.15, -0.1) is 0 Å². The molecule has 0 radical (unpaired) electrons. The maximum atomic E-state index is 11.5. The number of benzene rings is 1. The van der Waals surface area contributed by atoms with Crippen LogP contribution in [0.1, 0.15) is 69.6 Å². The largest absolute Gasteiger partial charge is 0.507 e. The molecule has 0 saturated heterocycles. The first-order valence-electron chi connectivity index (χ1n) is 8.61. The lowest BCUT2D eigenvalue weighted by Crippen LogP contribution is -2.06. The van der Waals surface area contributed by atoms with Crippen LogP contribution in [-0.2, 0) is 28.8 Å². The average molecular weight is 306 g/mol. The Morgan fingerprint density at radius 1 is 1.00 bits per heavy atom. The van der Waals surface area contributed by atoms with E-state index in [0.29, 0.717) is 25.2 Å². The van der Waals surface area contributed by atoms with E-state index >= 15 is 0 Å². The third-order valence-electron chi connectivity index (χ3n) is 3.85. The zero-order valence-electron chi connectivity index (χ0n) is 14.3. The van der Waals surface area contributed by atoms with Crippen LogP contribution in [-0.4, -0.2) is 17.7 Å². The number of aromatic hydroxyl groups is 1. The molecule has 0 heterocycles. The SMILES string of the molecule is CCCCc1cc(CCC(=O)OCC)cc(CCCC)c1O. The molecule has 124 valence electrons. The normalized spacial score (nSPS) is 10.7. The van der Waals surface area contributed by atoms with Crippen LogP contribution >= 0.6 is 0 Å². The topological polar surface area (TPSA) is 46.5 Å². The molecule has 22 heavy (non-hydrogen) atoms. The predicted octanol–water partition coefficient (Wildman–Crippen LogP) is 4.57. The molecule has 0 spiro atoms. The highest BCUT2D eigenvalue weighted by molar-refractivity contribution is 5.69. The van der Waals surface area contributed by atoms with Crippen LogP contribution in [0.5, 0.6) is 5.75 Å². The van der Waals surface area contributed by atoms with Crippen LogP contribution in [0.4, 0.5) is 0 Å². The van der Waals surface area contributed by atoms with Crippen molar-refractivity contribution in [3.05, 3.63) is 28.8 Å². The van der Waals surface area contributed by atoms with E-state index in [-0.39, 0.29) is 5.97 Å². The van der Waals surface area contributed by atoms with Crippen LogP contribution in [0.15, 0.2) is 12.1 Å². The second-order valence-electron chi connectivity index (χ2n) is 5.77. The third-order valence-corrected chi connectivity index (χ3v) is 3.85. The lowest BCUT2D eigenvalue weighted by Gasteiger charge is -2.13. The number of aryl methyl sites for hydroxylation is 3. The van der Waals surface area contributed by atoms with Gasteiger partial charge in [0, 0.05) is 6.42 Å². The summed E-state index contributed by atoms with van der Waals surface area (Å²) in [5.41, 5.74) is 3.17. The monoisotopic (exact) mass is 306 g/mol. The Morgan fingerprint density at radius 3 is 2.00 bits per heavy atom. The molecule has 0 aromatic heterocycles. The number of hydrogen-bond donors (Lipinski definition) is 1. The fourth-order valence-corrected chi connectivity index (χ4v) is 2.57. The fourth-order valence-electron chi connectivity index (χ4n) is 2.57. The molecule has 0 unspecified atom stereocenters. The average Bonchev–Trinajstić information content (AvgIpc) is 2.51. The van der Waals surface area contributed by atoms with E-state index in [9.17, 15) is 9.90 Å². The molecule has 0 saturated carbocycles. The molecule has 0 aliphatic heterocycles. The van der Waals surface area contributed by atoms with E-state index < -0.39 is 0 Å². The quantitative estimate of drug-likeness (QED) is 0.644. The minimum Gasteiger partial charge on any atom is -0.507 e. The number of phenolic OH excluding ortho intramolecular Hbond substituents is 1. The molecule has 1 aromatic carbocycles. The van der Waals surface area contributed by atoms with Gasteiger partial charge in [-0.2, -0.15) is 0 Å². The van der Waals surface area contributed by atoms with E-state index in [1.807, 2.05) is 6.92 Å². The van der Waals surface area contributed by atoms with Gasteiger partial charge in [-0.1, -0.05) is 38.8 Å². The Hall–Kier alpha value is -1.51. The van der Waals surface area contributed by atoms with E-state index in [4.69, 9.17) is 4.74 Å². The molecule has 1 aromatic rings. The van der Waals surface area contributed by atoms with Crippen molar-refractivity contribution in [3.8, 4) is 5.75 Å². The van der Waals surface area contributed by atoms with E-state index in [2.05, 4.69) is 26.0 Å². The van der Waals surface area contributed by atoms with Crippen molar-refractivity contribution in [3.63, 3.8) is 0 Å². The smallest absolute Gasteiger partial charge is 0.306 e. The number of rotatable bonds is 10. The van der Waals surface area contributed by atoms with Crippen molar-refractivity contribution in [1.29, 1.82) is 0 Å². The number of ether oxygens (including phenoxy) is 1. The lowest BCUT2D eigenvalue weighted by molar-refractivity contribution is -0.143. The molecular weight excluding hydrogens is 276 g/mol. The summed E-state index contributed by atoms with van der Waals surface area (Å²) in [7, 11) is 0. The summed E-state index contributed by atoms with van der Waals surface area (Å²) in [6.45, 7) is 6.56. The lowest BCUT2D eigenvalue weighted by atomic mass is 9.95. The maximum Gasteiger partial charge on any atom is 0.306 e. The van der Waals surface area contributed by atoms with E-state index in [0.717, 1.165) is 55.2 Å². The molecule has 1 rings (SSSR count). The standard InChI is InChI=1S/C19H30O3/c1-4-7-9-16-13-15(11-12-18(20)22-6-3)14-17(19(16)21)10-8-5-2/h13-14,21H,4-12H2,1-3H3. The summed E-state index contributed by atoms with van der Waals surface area (Å²) in [5.74, 6) is 0.308. The van der Waals surface area contributed by atoms with Crippen molar-refractivity contribution < 1.29 is 14.6 Å². The molecule has 1 N–H and O–H groups in total. The van der Waals surface area contributed by atoms with Gasteiger partial charge in [0.1, 0.15) is 5.75 Å². The predicted molar refractivity (Wildman–Crippen MR) is 90.3 cm³/mol. The molecule has 0 aliphatic rings. The van der Waals surface area contributed by atoms with Gasteiger partial charge in [0.15, 0.2) is 0 Å². The van der Waals surface area contributed by atoms with Gasteiger partial charge in [0.05, 0.1) is 6.61 Å². The van der Waals surface area contributed by atoms with Gasteiger partial charge in [0.25, 0.3) is 0 Å². The molecular formula is C19H30O3. The number of unbranched alkanes of at least 4 members (excludes halogenated alkanes) is 2. The first-order valence-corrected chi connectivity index (χ1v) is 8.61. The summed E-state index contributed by atoms with van der Waals surface area (Å²) in [6.07, 6.45) is 7.23. The van der Waals surface area contributed by atoms with Crippen molar-refractivity contribution in [1.82, 2.24) is 0 Å². The minimum absolute atomic E-state index is 0.152. The second kappa shape index (κ2) is 10.3. The Kier molecular flexibility index (Phi) is 8.64. The van der Waals surface area contributed by atoms with Crippen molar-refractivity contribution in [2.24, 2.45) is 0 Å². The van der Waals surface area contributed by atoms with Crippen molar-refractivity contribution in [2.75, 3.05) is 6.61 Å². The molecule has 0 fully saturated rings. The summed E-state index contributed by atoms with van der Waals surface area (Å²) in [5, 5.41) is 10.4. The number of carbonyl (C=O) groups excluding carboxylic acids is 1. The number of hydrogen-bond acceptors (Lipinski definition) is 3. The highest BCUT2D eigenvalue weighted by atomic mass is 16.5. The molecule has 0 amide bonds. The highest BCUT2D eigenvalue weighted by Crippen LogP contribution is 2.28. The van der Waals surface area contributed by atoms with Crippen LogP contribution in [0.25, 0.3) is 0 Å². The summed E-state index contributed by atoms with van der Waals surface area (Å²) >= 11 is 0. The molecule has 3 nitrogen and oxygen atoms in total. The zero-order chi connectivity index (χ0) is 16.4. The number of carbonyl (C=O) groups is 1. The zero-order valence-corrected chi connectivity index (χ0v) is 14.3. The van der Waals surface area contributed by atoms with Gasteiger partial charge >= 0.3 is 5.97 Å². The van der Waals surface area contributed by atoms with Crippen LogP contribution in [0.2, 0.25) is 0 Å². The van der Waals surface area contributed by atoms with Gasteiger partial charge < -0.3 is 9.84 Å². The Balaban J connectivity index is 2.87. The van der Waals surface area contributed by atoms with Crippen LogP contribution in [0, 0.1) is 0 Å². The van der Waals surface area contributed by atoms with Gasteiger partial charge in [-0.25, -0.2) is 0 Å². The maximum absolute atomic E-state index is 11.5. The Morgan fingerprint density at radius 2 is 1.55 bits per heavy atom. The summed E-state index contributed by atoms with van der Waals surface area (Å²) in [6, 6.07) is 4.11. The number of phenols is 1. The second-order valence-corrected chi connectivity index (χ2v) is 5.77. The minimum atomic E-state index is -0.152. The van der Waals surface area contributed by atoms with Gasteiger partial charge in [0.2, 0.25) is 0 Å². The first kappa shape index (κ1) is 18.5. The van der Waals surface area contributed by atoms with Gasteiger partial charge in [-0.05, 0) is 55.7 Å². The van der Waals surface area contributed by atoms with Crippen LogP contribution in [0.3, 0.4) is 0 Å². The van der Waals surface area contributed by atoms with E-state index in [1.54, 1.807) is 0 Å². The molecule has 0 atom stereocenters. The highest BCUT2D eigenvalue weighted by Gasteiger charge is 2.11. The molecule has 0 bridgehead atoms. The molecule has 3 heteroatoms.